The second-order valence-corrected chi connectivity index (χ2v) is 10.2. The van der Waals surface area contributed by atoms with Crippen molar-refractivity contribution in [2.75, 3.05) is 32.2 Å². The molecule has 2 aromatic carbocycles. The zero-order valence-electron chi connectivity index (χ0n) is 20.9. The molecule has 0 spiro atoms. The van der Waals surface area contributed by atoms with Crippen molar-refractivity contribution < 1.29 is 14.3 Å². The molecule has 3 aromatic rings. The highest BCUT2D eigenvalue weighted by molar-refractivity contribution is 9.10. The van der Waals surface area contributed by atoms with E-state index >= 15 is 0 Å². The zero-order valence-corrected chi connectivity index (χ0v) is 23.3. The van der Waals surface area contributed by atoms with E-state index in [1.807, 2.05) is 74.5 Å². The number of ether oxygens (including phenoxy) is 2. The Hall–Kier alpha value is -3.17. The highest BCUT2D eigenvalue weighted by Crippen LogP contribution is 2.35. The Labute approximate surface area is 222 Å². The molecule has 0 N–H and O–H groups in total. The number of nitrogens with zero attached hydrogens (tertiary/aromatic N) is 3. The molecule has 1 unspecified atom stereocenters. The largest absolute Gasteiger partial charge is 0.494 e. The van der Waals surface area contributed by atoms with E-state index in [2.05, 4.69) is 20.9 Å². The van der Waals surface area contributed by atoms with Crippen molar-refractivity contribution in [2.45, 2.75) is 26.8 Å². The number of carbonyl (C=O) groups excluding carboxylic acids is 1. The fourth-order valence-electron chi connectivity index (χ4n) is 4.21. The second kappa shape index (κ2) is 10.8. The summed E-state index contributed by atoms with van der Waals surface area (Å²) in [5.74, 6) is 0.117. The Morgan fingerprint density at radius 3 is 2.61 bits per heavy atom. The molecule has 2 heterocycles. The Morgan fingerprint density at radius 2 is 1.94 bits per heavy atom. The minimum atomic E-state index is -0.715. The van der Waals surface area contributed by atoms with Crippen molar-refractivity contribution in [3.63, 3.8) is 0 Å². The topological polar surface area (TPSA) is 73.1 Å². The average molecular weight is 571 g/mol. The van der Waals surface area contributed by atoms with Gasteiger partial charge in [0.1, 0.15) is 11.8 Å². The molecule has 1 atom stereocenters. The minimum absolute atomic E-state index is 0.220. The molecule has 0 bridgehead atoms. The average Bonchev–Trinajstić information content (AvgIpc) is 3.13. The van der Waals surface area contributed by atoms with Crippen LogP contribution < -0.4 is 24.5 Å². The Morgan fingerprint density at radius 1 is 1.19 bits per heavy atom. The lowest BCUT2D eigenvalue weighted by Gasteiger charge is -2.26. The van der Waals surface area contributed by atoms with Crippen LogP contribution in [0, 0.1) is 0 Å². The number of allylic oxidation sites excluding steroid dienone is 1. The summed E-state index contributed by atoms with van der Waals surface area (Å²) in [5, 5.41) is 0. The van der Waals surface area contributed by atoms with Gasteiger partial charge in [-0.25, -0.2) is 9.79 Å². The van der Waals surface area contributed by atoms with Crippen LogP contribution >= 0.6 is 27.3 Å². The summed E-state index contributed by atoms with van der Waals surface area (Å²) in [6.45, 7) is 6.10. The van der Waals surface area contributed by atoms with Crippen molar-refractivity contribution in [3.05, 3.63) is 89.0 Å². The quantitative estimate of drug-likeness (QED) is 0.402. The summed E-state index contributed by atoms with van der Waals surface area (Å²) in [6, 6.07) is 12.7. The fourth-order valence-corrected chi connectivity index (χ4v) is 6.00. The van der Waals surface area contributed by atoms with Crippen molar-refractivity contribution in [1.82, 2.24) is 4.57 Å². The maximum atomic E-state index is 13.8. The lowest BCUT2D eigenvalue weighted by atomic mass is 9.95. The SMILES string of the molecule is CCOC(=O)C1=C(C)N=c2s/c(=C/c3ccc(N(C)C)c(Br)c3)c(=O)n2C1c1ccccc1OCC. The van der Waals surface area contributed by atoms with E-state index in [1.165, 1.54) is 11.3 Å². The normalized spacial score (nSPS) is 15.4. The lowest BCUT2D eigenvalue weighted by molar-refractivity contribution is -0.139. The van der Waals surface area contributed by atoms with E-state index in [0.29, 0.717) is 38.5 Å². The molecule has 0 aliphatic carbocycles. The highest BCUT2D eigenvalue weighted by atomic mass is 79.9. The molecule has 36 heavy (non-hydrogen) atoms. The van der Waals surface area contributed by atoms with Crippen LogP contribution in [0.2, 0.25) is 0 Å². The van der Waals surface area contributed by atoms with Crippen LogP contribution in [0.15, 0.2) is 68.0 Å². The Kier molecular flexibility index (Phi) is 7.80. The van der Waals surface area contributed by atoms with Gasteiger partial charge in [0.2, 0.25) is 0 Å². The maximum absolute atomic E-state index is 13.8. The van der Waals surface area contributed by atoms with Crippen LogP contribution in [0.3, 0.4) is 0 Å². The first-order chi connectivity index (χ1) is 17.3. The number of carbonyl (C=O) groups is 1. The molecule has 9 heteroatoms. The summed E-state index contributed by atoms with van der Waals surface area (Å²) >= 11 is 4.91. The van der Waals surface area contributed by atoms with Gasteiger partial charge in [-0.1, -0.05) is 35.6 Å². The first-order valence-electron chi connectivity index (χ1n) is 11.6. The number of benzene rings is 2. The van der Waals surface area contributed by atoms with Crippen molar-refractivity contribution in [2.24, 2.45) is 4.99 Å². The molecule has 0 saturated heterocycles. The molecule has 1 aromatic heterocycles. The number of thiazole rings is 1. The van der Waals surface area contributed by atoms with Crippen LogP contribution in [-0.4, -0.2) is 37.8 Å². The number of halogens is 1. The number of aromatic nitrogens is 1. The van der Waals surface area contributed by atoms with E-state index in [0.717, 1.165) is 15.7 Å². The smallest absolute Gasteiger partial charge is 0.338 e. The van der Waals surface area contributed by atoms with Crippen LogP contribution in [0.5, 0.6) is 5.75 Å². The zero-order chi connectivity index (χ0) is 26.0. The first kappa shape index (κ1) is 25.9. The predicted molar refractivity (Wildman–Crippen MR) is 146 cm³/mol. The minimum Gasteiger partial charge on any atom is -0.494 e. The van der Waals surface area contributed by atoms with Crippen molar-refractivity contribution >= 4 is 45.0 Å². The van der Waals surface area contributed by atoms with Crippen LogP contribution in [0.4, 0.5) is 5.69 Å². The summed E-state index contributed by atoms with van der Waals surface area (Å²) in [6.07, 6.45) is 1.85. The summed E-state index contributed by atoms with van der Waals surface area (Å²) < 4.78 is 14.3. The van der Waals surface area contributed by atoms with Gasteiger partial charge < -0.3 is 14.4 Å². The second-order valence-electron chi connectivity index (χ2n) is 8.38. The number of hydrogen-bond donors (Lipinski definition) is 0. The van der Waals surface area contributed by atoms with Gasteiger partial charge in [-0.2, -0.15) is 0 Å². The predicted octanol–water partition coefficient (Wildman–Crippen LogP) is 4.03. The van der Waals surface area contributed by atoms with E-state index in [9.17, 15) is 9.59 Å². The standard InChI is InChI=1S/C27H28BrN3O4S/c1-6-34-21-11-9-8-10-18(21)24-23(26(33)35-7-2)16(3)29-27-31(24)25(32)22(36-27)15-17-12-13-20(30(4)5)19(28)14-17/h8-15,24H,6-7H2,1-5H3/b22-15+. The summed E-state index contributed by atoms with van der Waals surface area (Å²) in [7, 11) is 3.95. The molecule has 0 radical (unpaired) electrons. The van der Waals surface area contributed by atoms with Gasteiger partial charge in [-0.15, -0.1) is 0 Å². The van der Waals surface area contributed by atoms with Gasteiger partial charge >= 0.3 is 5.97 Å². The number of anilines is 1. The number of rotatable bonds is 7. The maximum Gasteiger partial charge on any atom is 0.338 e. The molecule has 1 aliphatic heterocycles. The molecule has 188 valence electrons. The summed E-state index contributed by atoms with van der Waals surface area (Å²) in [4.78, 5) is 34.1. The van der Waals surface area contributed by atoms with E-state index in [1.54, 1.807) is 18.4 Å². The number of esters is 1. The van der Waals surface area contributed by atoms with Crippen molar-refractivity contribution in [3.8, 4) is 5.75 Å². The van der Waals surface area contributed by atoms with Gasteiger partial charge in [0.25, 0.3) is 5.56 Å². The third kappa shape index (κ3) is 4.90. The van der Waals surface area contributed by atoms with E-state index in [4.69, 9.17) is 9.47 Å². The third-order valence-electron chi connectivity index (χ3n) is 5.78. The highest BCUT2D eigenvalue weighted by Gasteiger charge is 2.35. The number of hydrogen-bond acceptors (Lipinski definition) is 7. The number of fused-ring (bicyclic) bond motifs is 1. The van der Waals surface area contributed by atoms with Gasteiger partial charge in [-0.3, -0.25) is 9.36 Å². The Bertz CT molecular complexity index is 1520. The summed E-state index contributed by atoms with van der Waals surface area (Å²) in [5.41, 5.74) is 3.26. The van der Waals surface area contributed by atoms with E-state index < -0.39 is 12.0 Å². The van der Waals surface area contributed by atoms with Gasteiger partial charge in [0, 0.05) is 24.1 Å². The fraction of sp³-hybridized carbons (Fsp3) is 0.296. The van der Waals surface area contributed by atoms with Crippen molar-refractivity contribution in [1.29, 1.82) is 0 Å². The molecule has 0 fully saturated rings. The molecule has 4 rings (SSSR count). The van der Waals surface area contributed by atoms with Gasteiger partial charge in [0.05, 0.1) is 34.7 Å². The lowest BCUT2D eigenvalue weighted by Crippen LogP contribution is -2.40. The van der Waals surface area contributed by atoms with Gasteiger partial charge in [0.15, 0.2) is 4.80 Å². The van der Waals surface area contributed by atoms with Gasteiger partial charge in [-0.05, 0) is 66.5 Å². The Balaban J connectivity index is 1.95. The van der Waals surface area contributed by atoms with Crippen LogP contribution in [0.25, 0.3) is 6.08 Å². The number of para-hydroxylation sites is 1. The first-order valence-corrected chi connectivity index (χ1v) is 13.3. The molecular weight excluding hydrogens is 542 g/mol. The molecule has 7 nitrogen and oxygen atoms in total. The molecule has 0 amide bonds. The molecular formula is C27H28BrN3O4S. The molecule has 0 saturated carbocycles. The monoisotopic (exact) mass is 569 g/mol. The van der Waals surface area contributed by atoms with E-state index in [-0.39, 0.29) is 12.2 Å². The third-order valence-corrected chi connectivity index (χ3v) is 7.40. The van der Waals surface area contributed by atoms with Crippen LogP contribution in [0.1, 0.15) is 37.9 Å². The molecule has 1 aliphatic rings. The van der Waals surface area contributed by atoms with Crippen LogP contribution in [-0.2, 0) is 9.53 Å².